The average Bonchev–Trinajstić information content (AvgIpc) is 3.05. The number of rotatable bonds is 4. The fourth-order valence-corrected chi connectivity index (χ4v) is 2.95. The summed E-state index contributed by atoms with van der Waals surface area (Å²) in [5.41, 5.74) is 3.45. The summed E-state index contributed by atoms with van der Waals surface area (Å²) in [5.74, 6) is 0.918. The lowest BCUT2D eigenvalue weighted by Crippen LogP contribution is -2.19. The first-order valence-electron chi connectivity index (χ1n) is 7.85. The van der Waals surface area contributed by atoms with Gasteiger partial charge in [0.1, 0.15) is 11.6 Å². The van der Waals surface area contributed by atoms with Crippen molar-refractivity contribution in [2.45, 2.75) is 26.4 Å². The van der Waals surface area contributed by atoms with Crippen LogP contribution in [0.5, 0.6) is 0 Å². The molecule has 0 aliphatic carbocycles. The second-order valence-electron chi connectivity index (χ2n) is 5.88. The fourth-order valence-electron chi connectivity index (χ4n) is 2.95. The number of hydrogen-bond donors (Lipinski definition) is 1. The molecule has 0 amide bonds. The Morgan fingerprint density at radius 1 is 1.26 bits per heavy atom. The van der Waals surface area contributed by atoms with Crippen LogP contribution in [0.25, 0.3) is 0 Å². The van der Waals surface area contributed by atoms with Crippen molar-refractivity contribution in [2.24, 2.45) is 5.92 Å². The summed E-state index contributed by atoms with van der Waals surface area (Å²) in [7, 11) is 0. The van der Waals surface area contributed by atoms with Crippen molar-refractivity contribution in [3.05, 3.63) is 52.7 Å². The summed E-state index contributed by atoms with van der Waals surface area (Å²) in [6, 6.07) is 12.5. The van der Waals surface area contributed by atoms with E-state index >= 15 is 0 Å². The van der Waals surface area contributed by atoms with Gasteiger partial charge in [0, 0.05) is 19.1 Å². The number of anilines is 1. The van der Waals surface area contributed by atoms with Gasteiger partial charge in [-0.3, -0.25) is 0 Å². The van der Waals surface area contributed by atoms with E-state index in [1.165, 1.54) is 5.56 Å². The number of nitriles is 1. The van der Waals surface area contributed by atoms with Crippen LogP contribution in [0.4, 0.5) is 5.82 Å². The summed E-state index contributed by atoms with van der Waals surface area (Å²) >= 11 is 0. The molecule has 1 aliphatic heterocycles. The van der Waals surface area contributed by atoms with E-state index in [0.717, 1.165) is 24.3 Å². The number of nitrogens with zero attached hydrogens (tertiary/aromatic N) is 3. The molecule has 1 aromatic heterocycles. The van der Waals surface area contributed by atoms with Crippen LogP contribution in [0, 0.1) is 31.1 Å². The molecule has 1 saturated heterocycles. The highest BCUT2D eigenvalue weighted by Gasteiger charge is 2.29. The molecule has 2 heterocycles. The summed E-state index contributed by atoms with van der Waals surface area (Å²) in [4.78, 5) is 0. The van der Waals surface area contributed by atoms with Crippen molar-refractivity contribution in [3.63, 3.8) is 0 Å². The van der Waals surface area contributed by atoms with Crippen LogP contribution < -0.4 is 5.32 Å². The molecule has 5 nitrogen and oxygen atoms in total. The quantitative estimate of drug-likeness (QED) is 0.939. The maximum absolute atomic E-state index is 9.36. The van der Waals surface area contributed by atoms with Gasteiger partial charge in [-0.05, 0) is 31.4 Å². The van der Waals surface area contributed by atoms with E-state index in [2.05, 4.69) is 33.7 Å². The maximum Gasteiger partial charge on any atom is 0.166 e. The lowest BCUT2D eigenvalue weighted by Gasteiger charge is -2.20. The van der Waals surface area contributed by atoms with Crippen LogP contribution in [0.2, 0.25) is 0 Å². The first kappa shape index (κ1) is 15.4. The third-order valence-corrected chi connectivity index (χ3v) is 4.44. The molecule has 23 heavy (non-hydrogen) atoms. The van der Waals surface area contributed by atoms with Gasteiger partial charge in [0.25, 0.3) is 0 Å². The van der Waals surface area contributed by atoms with Crippen molar-refractivity contribution in [2.75, 3.05) is 18.5 Å². The highest BCUT2D eigenvalue weighted by atomic mass is 16.5. The predicted molar refractivity (Wildman–Crippen MR) is 88.0 cm³/mol. The molecule has 0 bridgehead atoms. The minimum absolute atomic E-state index is 0.0914. The molecule has 1 aromatic carbocycles. The Balaban J connectivity index is 1.74. The monoisotopic (exact) mass is 308 g/mol. The van der Waals surface area contributed by atoms with Crippen LogP contribution in [0.1, 0.15) is 34.9 Å². The topological polar surface area (TPSA) is 70.8 Å². The normalized spacial score (nSPS) is 20.2. The SMILES string of the molecule is Cc1nnc(NC[C@H]2CCO[C@@H]2c2ccccc2)c(C#N)c1C. The fraction of sp³-hybridized carbons (Fsp3) is 0.389. The number of ether oxygens (including phenoxy) is 1. The molecule has 2 atom stereocenters. The van der Waals surface area contributed by atoms with Gasteiger partial charge < -0.3 is 10.1 Å². The van der Waals surface area contributed by atoms with Gasteiger partial charge in [-0.2, -0.15) is 10.4 Å². The first-order valence-corrected chi connectivity index (χ1v) is 7.85. The van der Waals surface area contributed by atoms with Gasteiger partial charge in [0.15, 0.2) is 5.82 Å². The molecule has 1 fully saturated rings. The second-order valence-corrected chi connectivity index (χ2v) is 5.88. The molecule has 118 valence electrons. The van der Waals surface area contributed by atoms with E-state index in [1.807, 2.05) is 32.0 Å². The minimum atomic E-state index is 0.0914. The Morgan fingerprint density at radius 2 is 2.04 bits per heavy atom. The summed E-state index contributed by atoms with van der Waals surface area (Å²) in [6.07, 6.45) is 1.08. The molecule has 0 radical (unpaired) electrons. The van der Waals surface area contributed by atoms with Crippen molar-refractivity contribution in [3.8, 4) is 6.07 Å². The minimum Gasteiger partial charge on any atom is -0.373 e. The summed E-state index contributed by atoms with van der Waals surface area (Å²) < 4.78 is 5.90. The lowest BCUT2D eigenvalue weighted by atomic mass is 9.95. The number of aryl methyl sites for hydroxylation is 1. The van der Waals surface area contributed by atoms with Gasteiger partial charge in [0.05, 0.1) is 11.8 Å². The van der Waals surface area contributed by atoms with Crippen molar-refractivity contribution in [1.82, 2.24) is 10.2 Å². The van der Waals surface area contributed by atoms with E-state index in [4.69, 9.17) is 4.74 Å². The van der Waals surface area contributed by atoms with E-state index in [0.29, 0.717) is 23.8 Å². The van der Waals surface area contributed by atoms with Gasteiger partial charge in [-0.1, -0.05) is 30.3 Å². The predicted octanol–water partition coefficient (Wildman–Crippen LogP) is 3.15. The highest BCUT2D eigenvalue weighted by molar-refractivity contribution is 5.55. The molecular weight excluding hydrogens is 288 g/mol. The molecule has 0 saturated carbocycles. The smallest absolute Gasteiger partial charge is 0.166 e. The molecule has 0 unspecified atom stereocenters. The zero-order chi connectivity index (χ0) is 16.2. The Morgan fingerprint density at radius 3 is 2.78 bits per heavy atom. The van der Waals surface area contributed by atoms with E-state index < -0.39 is 0 Å². The van der Waals surface area contributed by atoms with Gasteiger partial charge >= 0.3 is 0 Å². The van der Waals surface area contributed by atoms with Crippen molar-refractivity contribution < 1.29 is 4.74 Å². The Bertz CT molecular complexity index is 724. The summed E-state index contributed by atoms with van der Waals surface area (Å²) in [5, 5.41) is 20.9. The molecule has 1 N–H and O–H groups in total. The third-order valence-electron chi connectivity index (χ3n) is 4.44. The molecule has 5 heteroatoms. The lowest BCUT2D eigenvalue weighted by molar-refractivity contribution is 0.0933. The Kier molecular flexibility index (Phi) is 4.54. The van der Waals surface area contributed by atoms with Crippen molar-refractivity contribution >= 4 is 5.82 Å². The standard InChI is InChI=1S/C18H20N4O/c1-12-13(2)21-22-18(16(12)10-19)20-11-15-8-9-23-17(15)14-6-4-3-5-7-14/h3-7,15,17H,8-9,11H2,1-2H3,(H,20,22)/t15-,17-/m1/s1. The van der Waals surface area contributed by atoms with Crippen LogP contribution in [0.15, 0.2) is 30.3 Å². The van der Waals surface area contributed by atoms with Crippen LogP contribution in [0.3, 0.4) is 0 Å². The van der Waals surface area contributed by atoms with Crippen molar-refractivity contribution in [1.29, 1.82) is 5.26 Å². The molecule has 1 aliphatic rings. The van der Waals surface area contributed by atoms with Gasteiger partial charge in [-0.15, -0.1) is 5.10 Å². The first-order chi connectivity index (χ1) is 11.2. The highest BCUT2D eigenvalue weighted by Crippen LogP contribution is 2.34. The molecule has 2 aromatic rings. The van der Waals surface area contributed by atoms with E-state index in [1.54, 1.807) is 0 Å². The van der Waals surface area contributed by atoms with Crippen LogP contribution >= 0.6 is 0 Å². The Hall–Kier alpha value is -2.45. The maximum atomic E-state index is 9.36. The van der Waals surface area contributed by atoms with E-state index in [-0.39, 0.29) is 6.10 Å². The van der Waals surface area contributed by atoms with Gasteiger partial charge in [-0.25, -0.2) is 0 Å². The van der Waals surface area contributed by atoms with Gasteiger partial charge in [0.2, 0.25) is 0 Å². The zero-order valence-corrected chi connectivity index (χ0v) is 13.4. The summed E-state index contributed by atoms with van der Waals surface area (Å²) in [6.45, 7) is 5.24. The largest absolute Gasteiger partial charge is 0.373 e. The Labute approximate surface area is 136 Å². The molecule has 3 rings (SSSR count). The molecular formula is C18H20N4O. The number of nitrogens with one attached hydrogen (secondary N) is 1. The third kappa shape index (κ3) is 3.17. The van der Waals surface area contributed by atoms with E-state index in [9.17, 15) is 5.26 Å². The number of hydrogen-bond acceptors (Lipinski definition) is 5. The number of benzene rings is 1. The average molecular weight is 308 g/mol. The molecule has 0 spiro atoms. The number of aromatic nitrogens is 2. The zero-order valence-electron chi connectivity index (χ0n) is 13.4. The van der Waals surface area contributed by atoms with Crippen LogP contribution in [-0.2, 0) is 4.74 Å². The second kappa shape index (κ2) is 6.76. The van der Waals surface area contributed by atoms with Crippen LogP contribution in [-0.4, -0.2) is 23.3 Å².